The standard InChI is InChI=1S/C30H30Cl2N2O3.ClH/c1-33(28(35)19-20-12-14-24(31)25(32)18-20)29-23-10-7-11-27(37-30(36)21-8-3-2-4-9-21)22(23)13-15-26(29)34-16-5-6-17-34;/h2-4,7-12,14,18,26,29H,5-6,13,15-17,19H2,1H3;1H/t26-,29-;/m1./s1. The SMILES string of the molecule is CN(C(=O)Cc1ccc(Cl)c(Cl)c1)[C@@H]1c2cccc(OC(=O)c3ccccc3)c2CC[C@H]1N1CCCC1.Cl. The van der Waals surface area contributed by atoms with Gasteiger partial charge in [-0.05, 0) is 80.2 Å². The fourth-order valence-corrected chi connectivity index (χ4v) is 5.96. The molecule has 1 saturated heterocycles. The van der Waals surface area contributed by atoms with Crippen LogP contribution >= 0.6 is 35.6 Å². The molecule has 0 unspecified atom stereocenters. The highest BCUT2D eigenvalue weighted by molar-refractivity contribution is 6.42. The maximum atomic E-state index is 13.6. The molecule has 0 bridgehead atoms. The summed E-state index contributed by atoms with van der Waals surface area (Å²) in [5.74, 6) is 0.199. The number of likely N-dealkylation sites (N-methyl/N-ethyl adjacent to an activating group) is 1. The van der Waals surface area contributed by atoms with Gasteiger partial charge in [0.15, 0.2) is 0 Å². The molecule has 200 valence electrons. The number of benzene rings is 3. The zero-order chi connectivity index (χ0) is 25.9. The van der Waals surface area contributed by atoms with Crippen molar-refractivity contribution in [3.8, 4) is 5.75 Å². The Labute approximate surface area is 240 Å². The number of amides is 1. The lowest BCUT2D eigenvalue weighted by Gasteiger charge is -2.44. The summed E-state index contributed by atoms with van der Waals surface area (Å²) in [7, 11) is 1.88. The van der Waals surface area contributed by atoms with E-state index in [0.29, 0.717) is 21.4 Å². The average molecular weight is 574 g/mol. The average Bonchev–Trinajstić information content (AvgIpc) is 3.45. The van der Waals surface area contributed by atoms with E-state index in [1.807, 2.05) is 48.3 Å². The molecule has 0 N–H and O–H groups in total. The van der Waals surface area contributed by atoms with E-state index in [9.17, 15) is 9.59 Å². The molecule has 0 aromatic heterocycles. The van der Waals surface area contributed by atoms with Crippen LogP contribution < -0.4 is 4.74 Å². The van der Waals surface area contributed by atoms with Gasteiger partial charge in [-0.25, -0.2) is 4.79 Å². The summed E-state index contributed by atoms with van der Waals surface area (Å²) in [6.45, 7) is 2.07. The first-order valence-corrected chi connectivity index (χ1v) is 13.5. The monoisotopic (exact) mass is 572 g/mol. The first kappa shape index (κ1) is 28.4. The van der Waals surface area contributed by atoms with Gasteiger partial charge in [0.1, 0.15) is 5.75 Å². The Morgan fingerprint density at radius 1 is 0.974 bits per heavy atom. The number of fused-ring (bicyclic) bond motifs is 1. The summed E-state index contributed by atoms with van der Waals surface area (Å²) in [6.07, 6.45) is 4.26. The van der Waals surface area contributed by atoms with Crippen LogP contribution in [-0.2, 0) is 17.6 Å². The number of carbonyl (C=O) groups is 2. The maximum Gasteiger partial charge on any atom is 0.343 e. The molecular weight excluding hydrogens is 543 g/mol. The van der Waals surface area contributed by atoms with Crippen molar-refractivity contribution in [2.24, 2.45) is 0 Å². The molecule has 8 heteroatoms. The van der Waals surface area contributed by atoms with Crippen molar-refractivity contribution in [1.29, 1.82) is 0 Å². The van der Waals surface area contributed by atoms with Gasteiger partial charge in [-0.3, -0.25) is 9.69 Å². The molecule has 0 radical (unpaired) electrons. The number of esters is 1. The zero-order valence-corrected chi connectivity index (χ0v) is 23.6. The second-order valence-electron chi connectivity index (χ2n) is 9.80. The molecule has 0 saturated carbocycles. The van der Waals surface area contributed by atoms with Crippen LogP contribution in [0, 0.1) is 0 Å². The molecule has 2 atom stereocenters. The first-order chi connectivity index (χ1) is 17.9. The van der Waals surface area contributed by atoms with E-state index in [0.717, 1.165) is 42.6 Å². The van der Waals surface area contributed by atoms with Crippen molar-refractivity contribution in [1.82, 2.24) is 9.80 Å². The molecule has 1 aliphatic carbocycles. The van der Waals surface area contributed by atoms with E-state index in [1.165, 1.54) is 12.8 Å². The van der Waals surface area contributed by atoms with Crippen LogP contribution in [0.5, 0.6) is 5.75 Å². The fraction of sp³-hybridized carbons (Fsp3) is 0.333. The highest BCUT2D eigenvalue weighted by Gasteiger charge is 2.39. The molecule has 0 spiro atoms. The van der Waals surface area contributed by atoms with Crippen LogP contribution in [0.15, 0.2) is 66.7 Å². The summed E-state index contributed by atoms with van der Waals surface area (Å²) in [4.78, 5) is 30.8. The van der Waals surface area contributed by atoms with Crippen molar-refractivity contribution in [2.75, 3.05) is 20.1 Å². The number of nitrogens with zero attached hydrogens (tertiary/aromatic N) is 2. The molecule has 1 fully saturated rings. The van der Waals surface area contributed by atoms with Crippen molar-refractivity contribution in [3.63, 3.8) is 0 Å². The minimum atomic E-state index is -0.378. The van der Waals surface area contributed by atoms with E-state index < -0.39 is 0 Å². The van der Waals surface area contributed by atoms with Gasteiger partial charge >= 0.3 is 5.97 Å². The summed E-state index contributed by atoms with van der Waals surface area (Å²) in [5, 5.41) is 0.913. The Hall–Kier alpha value is -2.57. The molecule has 2 aliphatic rings. The van der Waals surface area contributed by atoms with Crippen LogP contribution in [0.1, 0.15) is 52.4 Å². The predicted octanol–water partition coefficient (Wildman–Crippen LogP) is 6.79. The Morgan fingerprint density at radius 3 is 2.42 bits per heavy atom. The third kappa shape index (κ3) is 6.02. The maximum absolute atomic E-state index is 13.6. The van der Waals surface area contributed by atoms with Crippen LogP contribution in [0.2, 0.25) is 10.0 Å². The molecule has 1 heterocycles. The number of halogens is 3. The second-order valence-corrected chi connectivity index (χ2v) is 10.6. The second kappa shape index (κ2) is 12.5. The molecule has 1 aliphatic heterocycles. The summed E-state index contributed by atoms with van der Waals surface area (Å²) in [5.41, 5.74) is 3.38. The van der Waals surface area contributed by atoms with Crippen LogP contribution in [0.3, 0.4) is 0 Å². The Bertz CT molecular complexity index is 1300. The van der Waals surface area contributed by atoms with Gasteiger partial charge in [0, 0.05) is 18.7 Å². The number of ether oxygens (including phenoxy) is 1. The Morgan fingerprint density at radius 2 is 1.71 bits per heavy atom. The number of hydrogen-bond acceptors (Lipinski definition) is 4. The molecule has 5 nitrogen and oxygen atoms in total. The summed E-state index contributed by atoms with van der Waals surface area (Å²) < 4.78 is 5.89. The van der Waals surface area contributed by atoms with Crippen molar-refractivity contribution in [3.05, 3.63) is 99.0 Å². The fourth-order valence-electron chi connectivity index (χ4n) is 5.64. The van der Waals surface area contributed by atoms with Gasteiger partial charge in [0.25, 0.3) is 0 Å². The van der Waals surface area contributed by atoms with Gasteiger partial charge in [0.05, 0.1) is 28.1 Å². The number of rotatable bonds is 6. The van der Waals surface area contributed by atoms with Crippen LogP contribution in [-0.4, -0.2) is 47.9 Å². The lowest BCUT2D eigenvalue weighted by Crippen LogP contribution is -2.48. The number of carbonyl (C=O) groups excluding carboxylic acids is 2. The lowest BCUT2D eigenvalue weighted by atomic mass is 9.81. The van der Waals surface area contributed by atoms with Crippen molar-refractivity contribution in [2.45, 2.75) is 44.2 Å². The minimum absolute atomic E-state index is 0. The Balaban J connectivity index is 0.00000336. The third-order valence-corrected chi connectivity index (χ3v) is 8.25. The van der Waals surface area contributed by atoms with E-state index >= 15 is 0 Å². The van der Waals surface area contributed by atoms with E-state index in [1.54, 1.807) is 24.3 Å². The van der Waals surface area contributed by atoms with Gasteiger partial charge in [-0.1, -0.05) is 59.6 Å². The molecule has 5 rings (SSSR count). The highest BCUT2D eigenvalue weighted by Crippen LogP contribution is 2.41. The van der Waals surface area contributed by atoms with E-state index in [2.05, 4.69) is 11.0 Å². The lowest BCUT2D eigenvalue weighted by molar-refractivity contribution is -0.133. The van der Waals surface area contributed by atoms with Crippen LogP contribution in [0.4, 0.5) is 0 Å². The van der Waals surface area contributed by atoms with Crippen LogP contribution in [0.25, 0.3) is 0 Å². The molecule has 38 heavy (non-hydrogen) atoms. The van der Waals surface area contributed by atoms with Gasteiger partial charge in [0.2, 0.25) is 5.91 Å². The molecular formula is C30H31Cl3N2O3. The third-order valence-electron chi connectivity index (χ3n) is 7.51. The van der Waals surface area contributed by atoms with Gasteiger partial charge < -0.3 is 9.64 Å². The minimum Gasteiger partial charge on any atom is -0.423 e. The zero-order valence-electron chi connectivity index (χ0n) is 21.2. The summed E-state index contributed by atoms with van der Waals surface area (Å²) in [6, 6.07) is 20.2. The quantitative estimate of drug-likeness (QED) is 0.241. The van der Waals surface area contributed by atoms with E-state index in [-0.39, 0.29) is 42.8 Å². The number of hydrogen-bond donors (Lipinski definition) is 0. The number of likely N-dealkylation sites (tertiary alicyclic amines) is 1. The summed E-state index contributed by atoms with van der Waals surface area (Å²) >= 11 is 12.3. The molecule has 3 aromatic rings. The van der Waals surface area contributed by atoms with Gasteiger partial charge in [-0.2, -0.15) is 0 Å². The Kier molecular flexibility index (Phi) is 9.37. The smallest absolute Gasteiger partial charge is 0.343 e. The van der Waals surface area contributed by atoms with Crippen molar-refractivity contribution >= 4 is 47.5 Å². The topological polar surface area (TPSA) is 49.9 Å². The normalized spacial score (nSPS) is 18.8. The van der Waals surface area contributed by atoms with E-state index in [4.69, 9.17) is 27.9 Å². The highest BCUT2D eigenvalue weighted by atomic mass is 35.5. The predicted molar refractivity (Wildman–Crippen MR) is 154 cm³/mol. The largest absolute Gasteiger partial charge is 0.423 e. The molecule has 1 amide bonds. The van der Waals surface area contributed by atoms with Gasteiger partial charge in [-0.15, -0.1) is 12.4 Å². The molecule has 3 aromatic carbocycles. The first-order valence-electron chi connectivity index (χ1n) is 12.7. The van der Waals surface area contributed by atoms with Crippen molar-refractivity contribution < 1.29 is 14.3 Å².